The lowest BCUT2D eigenvalue weighted by Gasteiger charge is -2.29. The Hall–Kier alpha value is -3.14. The summed E-state index contributed by atoms with van der Waals surface area (Å²) in [4.78, 5) is 17.7. The summed E-state index contributed by atoms with van der Waals surface area (Å²) in [6.45, 7) is 6.92. The molecule has 1 unspecified atom stereocenters. The molecule has 2 aromatic carbocycles. The Labute approximate surface area is 235 Å². The average Bonchev–Trinajstić information content (AvgIpc) is 3.41. The number of para-hydroxylation sites is 1. The Morgan fingerprint density at radius 1 is 1.23 bits per heavy atom. The van der Waals surface area contributed by atoms with Crippen molar-refractivity contribution in [2.24, 2.45) is 5.92 Å². The highest BCUT2D eigenvalue weighted by Crippen LogP contribution is 2.26. The van der Waals surface area contributed by atoms with E-state index >= 15 is 0 Å². The van der Waals surface area contributed by atoms with E-state index in [2.05, 4.69) is 34.8 Å². The molecule has 216 valence electrons. The maximum atomic E-state index is 14.4. The smallest absolute Gasteiger partial charge is 0.242 e. The molecule has 4 N–H and O–H groups in total. The van der Waals surface area contributed by atoms with Crippen LogP contribution in [-0.4, -0.2) is 45.3 Å². The number of nitrogens with zero attached hydrogens (tertiary/aromatic N) is 2. The monoisotopic (exact) mass is 553 g/mol. The standard InChI is InChI=1S/C31H41F2N5O2/c1-4-8-27(36-24-12-11-21-13-23(32)14-26(33)25(21)15-24)31(40)37-30-17-38(19-35-30)29-10-7-6-9-22(29)16-34-28(18-39)20(3)5-2/h6-7,9-10,13-14,17,19-20,24,27-28,34,36,39H,4-5,8,11-12,15-16,18H2,1-3H3,(H,37,40)/t20?,24-,27-,28+/m0/s1. The van der Waals surface area contributed by atoms with Crippen molar-refractivity contribution in [2.45, 2.75) is 84.0 Å². The van der Waals surface area contributed by atoms with Crippen LogP contribution in [0.15, 0.2) is 48.9 Å². The summed E-state index contributed by atoms with van der Waals surface area (Å²) in [7, 11) is 0. The maximum Gasteiger partial charge on any atom is 0.242 e. The number of fused-ring (bicyclic) bond motifs is 1. The average molecular weight is 554 g/mol. The molecule has 0 radical (unpaired) electrons. The minimum absolute atomic E-state index is 0.00833. The second-order valence-electron chi connectivity index (χ2n) is 10.8. The number of rotatable bonds is 13. The van der Waals surface area contributed by atoms with Gasteiger partial charge in [0.2, 0.25) is 5.91 Å². The number of halogens is 2. The SMILES string of the molecule is CCC[C@H](N[C@H]1CCc2cc(F)cc(F)c2C1)C(=O)Nc1cn(-c2ccccc2CN[C@H](CO)C(C)CC)cn1. The number of carbonyl (C=O) groups is 1. The van der Waals surface area contributed by atoms with Crippen LogP contribution in [0.4, 0.5) is 14.6 Å². The van der Waals surface area contributed by atoms with Crippen LogP contribution in [0.3, 0.4) is 0 Å². The van der Waals surface area contributed by atoms with E-state index in [1.807, 2.05) is 35.8 Å². The predicted molar refractivity (Wildman–Crippen MR) is 153 cm³/mol. The second-order valence-corrected chi connectivity index (χ2v) is 10.8. The highest BCUT2D eigenvalue weighted by atomic mass is 19.1. The van der Waals surface area contributed by atoms with Gasteiger partial charge in [-0.15, -0.1) is 0 Å². The molecule has 0 spiro atoms. The molecule has 1 aliphatic carbocycles. The van der Waals surface area contributed by atoms with E-state index in [0.29, 0.717) is 55.1 Å². The van der Waals surface area contributed by atoms with Crippen LogP contribution in [0.25, 0.3) is 5.69 Å². The van der Waals surface area contributed by atoms with Crippen molar-refractivity contribution >= 4 is 11.7 Å². The summed E-state index contributed by atoms with van der Waals surface area (Å²) in [6, 6.07) is 9.77. The zero-order chi connectivity index (χ0) is 28.6. The van der Waals surface area contributed by atoms with E-state index in [-0.39, 0.29) is 24.6 Å². The van der Waals surface area contributed by atoms with Gasteiger partial charge in [0, 0.05) is 24.7 Å². The van der Waals surface area contributed by atoms with Gasteiger partial charge >= 0.3 is 0 Å². The van der Waals surface area contributed by atoms with Gasteiger partial charge in [0.05, 0.1) is 24.5 Å². The summed E-state index contributed by atoms with van der Waals surface area (Å²) in [5, 5.41) is 19.6. The first-order chi connectivity index (χ1) is 19.3. The molecule has 0 saturated heterocycles. The van der Waals surface area contributed by atoms with Gasteiger partial charge in [-0.1, -0.05) is 51.8 Å². The summed E-state index contributed by atoms with van der Waals surface area (Å²) in [6.07, 6.45) is 7.56. The van der Waals surface area contributed by atoms with E-state index < -0.39 is 17.7 Å². The third kappa shape index (κ3) is 7.33. The molecule has 9 heteroatoms. The van der Waals surface area contributed by atoms with E-state index in [1.165, 1.54) is 6.07 Å². The highest BCUT2D eigenvalue weighted by Gasteiger charge is 2.27. The number of imidazole rings is 1. The Kier molecular flexibility index (Phi) is 10.4. The minimum Gasteiger partial charge on any atom is -0.395 e. The number of hydrogen-bond acceptors (Lipinski definition) is 5. The second kappa shape index (κ2) is 14.0. The number of benzene rings is 2. The van der Waals surface area contributed by atoms with E-state index in [1.54, 1.807) is 12.5 Å². The lowest BCUT2D eigenvalue weighted by molar-refractivity contribution is -0.118. The van der Waals surface area contributed by atoms with Crippen molar-refractivity contribution in [3.63, 3.8) is 0 Å². The molecule has 0 aliphatic heterocycles. The zero-order valence-corrected chi connectivity index (χ0v) is 23.6. The zero-order valence-electron chi connectivity index (χ0n) is 23.6. The van der Waals surface area contributed by atoms with Gasteiger partial charge in [0.1, 0.15) is 18.0 Å². The van der Waals surface area contributed by atoms with Crippen LogP contribution in [0.1, 0.15) is 63.1 Å². The lowest BCUT2D eigenvalue weighted by atomic mass is 9.87. The first-order valence-corrected chi connectivity index (χ1v) is 14.3. The molecular weight excluding hydrogens is 512 g/mol. The topological polar surface area (TPSA) is 91.2 Å². The summed E-state index contributed by atoms with van der Waals surface area (Å²) in [5.74, 6) is -0.469. The van der Waals surface area contributed by atoms with E-state index in [4.69, 9.17) is 0 Å². The molecule has 4 rings (SSSR count). The lowest BCUT2D eigenvalue weighted by Crippen LogP contribution is -2.48. The first kappa shape index (κ1) is 29.8. The highest BCUT2D eigenvalue weighted by molar-refractivity contribution is 5.94. The largest absolute Gasteiger partial charge is 0.395 e. The first-order valence-electron chi connectivity index (χ1n) is 14.3. The van der Waals surface area contributed by atoms with Gasteiger partial charge in [0.15, 0.2) is 5.82 Å². The molecule has 0 bridgehead atoms. The number of nitrogens with one attached hydrogen (secondary N) is 3. The van der Waals surface area contributed by atoms with Crippen molar-refractivity contribution in [2.75, 3.05) is 11.9 Å². The summed E-state index contributed by atoms with van der Waals surface area (Å²) in [5.41, 5.74) is 3.23. The van der Waals surface area contributed by atoms with Gasteiger partial charge in [0.25, 0.3) is 0 Å². The van der Waals surface area contributed by atoms with Crippen LogP contribution in [0.5, 0.6) is 0 Å². The molecule has 3 aromatic rings. The molecule has 1 aliphatic rings. The molecule has 0 saturated carbocycles. The number of aliphatic hydroxyl groups is 1. The van der Waals surface area contributed by atoms with Crippen LogP contribution in [0, 0.1) is 17.6 Å². The maximum absolute atomic E-state index is 14.4. The number of carbonyl (C=O) groups excluding carboxylic acids is 1. The molecule has 1 amide bonds. The molecule has 40 heavy (non-hydrogen) atoms. The van der Waals surface area contributed by atoms with Crippen molar-refractivity contribution in [1.29, 1.82) is 0 Å². The summed E-state index contributed by atoms with van der Waals surface area (Å²) < 4.78 is 29.9. The van der Waals surface area contributed by atoms with Crippen LogP contribution in [0.2, 0.25) is 0 Å². The number of anilines is 1. The third-order valence-corrected chi connectivity index (χ3v) is 7.98. The van der Waals surface area contributed by atoms with Crippen LogP contribution in [-0.2, 0) is 24.2 Å². The Morgan fingerprint density at radius 2 is 2.02 bits per heavy atom. The molecular formula is C31H41F2N5O2. The van der Waals surface area contributed by atoms with Crippen molar-refractivity contribution in [3.8, 4) is 5.69 Å². The molecule has 7 nitrogen and oxygen atoms in total. The summed E-state index contributed by atoms with van der Waals surface area (Å²) >= 11 is 0. The van der Waals surface area contributed by atoms with Crippen molar-refractivity contribution in [1.82, 2.24) is 20.2 Å². The molecule has 4 atom stereocenters. The molecule has 1 aromatic heterocycles. The van der Waals surface area contributed by atoms with Crippen molar-refractivity contribution < 1.29 is 18.7 Å². The van der Waals surface area contributed by atoms with Gasteiger partial charge in [-0.2, -0.15) is 0 Å². The normalized spacial score (nSPS) is 17.2. The van der Waals surface area contributed by atoms with Gasteiger partial charge in [-0.25, -0.2) is 13.8 Å². The van der Waals surface area contributed by atoms with E-state index in [0.717, 1.165) is 30.2 Å². The predicted octanol–water partition coefficient (Wildman–Crippen LogP) is 4.90. The number of aliphatic hydroxyl groups excluding tert-OH is 1. The van der Waals surface area contributed by atoms with Gasteiger partial charge in [-0.05, 0) is 60.4 Å². The van der Waals surface area contributed by atoms with E-state index in [9.17, 15) is 18.7 Å². The Balaban J connectivity index is 1.41. The fourth-order valence-corrected chi connectivity index (χ4v) is 5.41. The third-order valence-electron chi connectivity index (χ3n) is 7.98. The number of aromatic nitrogens is 2. The molecule has 1 heterocycles. The number of hydrogen-bond donors (Lipinski definition) is 4. The Bertz CT molecular complexity index is 1280. The Morgan fingerprint density at radius 3 is 2.77 bits per heavy atom. The van der Waals surface area contributed by atoms with Crippen molar-refractivity contribution in [3.05, 3.63) is 77.2 Å². The quantitative estimate of drug-likeness (QED) is 0.242. The van der Waals surface area contributed by atoms with Gasteiger partial charge < -0.3 is 25.6 Å². The molecule has 0 fully saturated rings. The number of amides is 1. The fourth-order valence-electron chi connectivity index (χ4n) is 5.41. The minimum atomic E-state index is -0.551. The van der Waals surface area contributed by atoms with Crippen LogP contribution < -0.4 is 16.0 Å². The number of aryl methyl sites for hydroxylation is 1. The van der Waals surface area contributed by atoms with Crippen LogP contribution >= 0.6 is 0 Å². The fraction of sp³-hybridized carbons (Fsp3) is 0.484. The van der Waals surface area contributed by atoms with Gasteiger partial charge in [-0.3, -0.25) is 4.79 Å².